The summed E-state index contributed by atoms with van der Waals surface area (Å²) < 4.78 is 24.2. The normalized spacial score (nSPS) is 13.9. The number of hydrogen-bond donors (Lipinski definition) is 1. The molecule has 0 aromatic carbocycles. The summed E-state index contributed by atoms with van der Waals surface area (Å²) in [6.07, 6.45) is 4.88. The van der Waals surface area contributed by atoms with Crippen molar-refractivity contribution in [2.75, 3.05) is 26.4 Å². The molecule has 0 aliphatic heterocycles. The van der Waals surface area contributed by atoms with E-state index in [9.17, 15) is 8.42 Å². The van der Waals surface area contributed by atoms with Crippen molar-refractivity contribution in [3.05, 3.63) is 24.3 Å². The van der Waals surface area contributed by atoms with E-state index in [2.05, 4.69) is 15.3 Å². The minimum Gasteiger partial charge on any atom is -0.308 e. The second-order valence-electron chi connectivity index (χ2n) is 3.90. The minimum absolute atomic E-state index is 0.0129. The van der Waals surface area contributed by atoms with Crippen LogP contribution in [0.4, 0.5) is 0 Å². The van der Waals surface area contributed by atoms with Gasteiger partial charge in [-0.3, -0.25) is 9.97 Å². The van der Waals surface area contributed by atoms with Gasteiger partial charge in [0, 0.05) is 45.3 Å². The van der Waals surface area contributed by atoms with Gasteiger partial charge in [-0.1, -0.05) is 0 Å². The third-order valence-corrected chi connectivity index (χ3v) is 4.23. The topological polar surface area (TPSA) is 75.2 Å². The molecule has 1 N–H and O–H groups in total. The highest BCUT2D eigenvalue weighted by atomic mass is 32.2. The summed E-state index contributed by atoms with van der Waals surface area (Å²) in [6, 6.07) is -0.0129. The monoisotopic (exact) mass is 258 g/mol. The Morgan fingerprint density at radius 2 is 2.12 bits per heavy atom. The van der Waals surface area contributed by atoms with E-state index >= 15 is 0 Å². The third kappa shape index (κ3) is 4.37. The Balaban J connectivity index is 2.43. The molecule has 0 aliphatic carbocycles. The predicted octanol–water partition coefficient (Wildman–Crippen LogP) is 0.0186. The van der Waals surface area contributed by atoms with E-state index < -0.39 is 10.0 Å². The Labute approximate surface area is 102 Å². The molecule has 0 amide bonds. The summed E-state index contributed by atoms with van der Waals surface area (Å²) in [5.41, 5.74) is 0.801. The van der Waals surface area contributed by atoms with E-state index in [0.717, 1.165) is 5.69 Å². The Hall–Kier alpha value is -1.05. The van der Waals surface area contributed by atoms with E-state index in [1.54, 1.807) is 18.6 Å². The zero-order valence-electron chi connectivity index (χ0n) is 10.3. The molecule has 0 saturated heterocycles. The number of aromatic nitrogens is 2. The van der Waals surface area contributed by atoms with Crippen molar-refractivity contribution in [2.45, 2.75) is 13.0 Å². The highest BCUT2D eigenvalue weighted by Gasteiger charge is 2.14. The van der Waals surface area contributed by atoms with Crippen LogP contribution >= 0.6 is 0 Å². The van der Waals surface area contributed by atoms with Gasteiger partial charge in [0.05, 0.1) is 11.4 Å². The zero-order valence-corrected chi connectivity index (χ0v) is 11.1. The fourth-order valence-corrected chi connectivity index (χ4v) is 1.97. The zero-order chi connectivity index (χ0) is 12.9. The molecule has 1 rings (SSSR count). The Kier molecular flexibility index (Phi) is 4.98. The lowest BCUT2D eigenvalue weighted by Gasteiger charge is -2.15. The van der Waals surface area contributed by atoms with Crippen LogP contribution in [-0.4, -0.2) is 49.1 Å². The Morgan fingerprint density at radius 3 is 2.65 bits per heavy atom. The SMILES string of the molecule is CC(NCCS(=O)(=O)N(C)C)c1cnccn1. The van der Waals surface area contributed by atoms with Crippen molar-refractivity contribution in [3.8, 4) is 0 Å². The van der Waals surface area contributed by atoms with Gasteiger partial charge in [0.25, 0.3) is 0 Å². The van der Waals surface area contributed by atoms with Gasteiger partial charge in [-0.15, -0.1) is 0 Å². The van der Waals surface area contributed by atoms with Gasteiger partial charge in [0.1, 0.15) is 0 Å². The first-order chi connectivity index (χ1) is 7.93. The average molecular weight is 258 g/mol. The molecule has 1 aromatic rings. The summed E-state index contributed by atoms with van der Waals surface area (Å²) in [6.45, 7) is 2.31. The predicted molar refractivity (Wildman–Crippen MR) is 65.9 cm³/mol. The lowest BCUT2D eigenvalue weighted by molar-refractivity contribution is 0.511. The second-order valence-corrected chi connectivity index (χ2v) is 6.21. The van der Waals surface area contributed by atoms with Gasteiger partial charge < -0.3 is 5.32 Å². The molecule has 96 valence electrons. The number of rotatable bonds is 6. The van der Waals surface area contributed by atoms with Crippen molar-refractivity contribution in [2.24, 2.45) is 0 Å². The largest absolute Gasteiger partial charge is 0.308 e. The van der Waals surface area contributed by atoms with Crippen LogP contribution in [0.2, 0.25) is 0 Å². The van der Waals surface area contributed by atoms with E-state index in [-0.39, 0.29) is 11.8 Å². The Morgan fingerprint density at radius 1 is 1.41 bits per heavy atom. The maximum absolute atomic E-state index is 11.5. The van der Waals surface area contributed by atoms with Crippen molar-refractivity contribution in [1.29, 1.82) is 0 Å². The van der Waals surface area contributed by atoms with Crippen molar-refractivity contribution in [1.82, 2.24) is 19.6 Å². The molecule has 0 fully saturated rings. The molecule has 6 nitrogen and oxygen atoms in total. The first-order valence-corrected chi connectivity index (χ1v) is 6.94. The molecule has 1 aromatic heterocycles. The third-order valence-electron chi connectivity index (χ3n) is 2.39. The lowest BCUT2D eigenvalue weighted by Crippen LogP contribution is -2.32. The van der Waals surface area contributed by atoms with Gasteiger partial charge in [0.2, 0.25) is 10.0 Å². The lowest BCUT2D eigenvalue weighted by atomic mass is 10.2. The molecule has 0 radical (unpaired) electrons. The van der Waals surface area contributed by atoms with Crippen molar-refractivity contribution >= 4 is 10.0 Å². The van der Waals surface area contributed by atoms with Crippen LogP contribution in [0.25, 0.3) is 0 Å². The molecule has 1 atom stereocenters. The molecule has 1 unspecified atom stereocenters. The fourth-order valence-electron chi connectivity index (χ4n) is 1.23. The smallest absolute Gasteiger partial charge is 0.214 e. The van der Waals surface area contributed by atoms with Gasteiger partial charge in [-0.25, -0.2) is 12.7 Å². The second kappa shape index (κ2) is 6.04. The van der Waals surface area contributed by atoms with Gasteiger partial charge in [0.15, 0.2) is 0 Å². The van der Waals surface area contributed by atoms with Gasteiger partial charge in [-0.2, -0.15) is 0 Å². The molecule has 0 spiro atoms. The van der Waals surface area contributed by atoms with Crippen LogP contribution in [0.3, 0.4) is 0 Å². The van der Waals surface area contributed by atoms with Crippen LogP contribution in [0.15, 0.2) is 18.6 Å². The number of nitrogens with zero attached hydrogens (tertiary/aromatic N) is 3. The van der Waals surface area contributed by atoms with E-state index in [0.29, 0.717) is 6.54 Å². The summed E-state index contributed by atoms with van der Waals surface area (Å²) in [5, 5.41) is 3.10. The molecule has 7 heteroatoms. The molecule has 0 bridgehead atoms. The molecule has 17 heavy (non-hydrogen) atoms. The fraction of sp³-hybridized carbons (Fsp3) is 0.600. The first kappa shape index (κ1) is 14.0. The number of hydrogen-bond acceptors (Lipinski definition) is 5. The first-order valence-electron chi connectivity index (χ1n) is 5.33. The number of sulfonamides is 1. The molecule has 1 heterocycles. The maximum Gasteiger partial charge on any atom is 0.214 e. The van der Waals surface area contributed by atoms with Crippen LogP contribution in [0.5, 0.6) is 0 Å². The summed E-state index contributed by atoms with van der Waals surface area (Å²) in [4.78, 5) is 8.11. The highest BCUT2D eigenvalue weighted by Crippen LogP contribution is 2.05. The average Bonchev–Trinajstić information content (AvgIpc) is 2.29. The van der Waals surface area contributed by atoms with Crippen LogP contribution in [-0.2, 0) is 10.0 Å². The van der Waals surface area contributed by atoms with Crippen molar-refractivity contribution in [3.63, 3.8) is 0 Å². The van der Waals surface area contributed by atoms with Crippen LogP contribution in [0.1, 0.15) is 18.7 Å². The quantitative estimate of drug-likeness (QED) is 0.778. The summed E-state index contributed by atoms with van der Waals surface area (Å²) in [7, 11) is -0.0829. The highest BCUT2D eigenvalue weighted by molar-refractivity contribution is 7.89. The molecular formula is C10H18N4O2S. The van der Waals surface area contributed by atoms with E-state index in [1.807, 2.05) is 6.92 Å². The van der Waals surface area contributed by atoms with Gasteiger partial charge >= 0.3 is 0 Å². The van der Waals surface area contributed by atoms with Crippen LogP contribution < -0.4 is 5.32 Å². The van der Waals surface area contributed by atoms with E-state index in [4.69, 9.17) is 0 Å². The van der Waals surface area contributed by atoms with Gasteiger partial charge in [-0.05, 0) is 6.92 Å². The maximum atomic E-state index is 11.5. The van der Waals surface area contributed by atoms with Crippen molar-refractivity contribution < 1.29 is 8.42 Å². The molecule has 0 saturated carbocycles. The summed E-state index contributed by atoms with van der Waals surface area (Å²) >= 11 is 0. The minimum atomic E-state index is -3.14. The van der Waals surface area contributed by atoms with E-state index in [1.165, 1.54) is 18.4 Å². The standard InChI is InChI=1S/C10H18N4O2S/c1-9(10-8-11-4-5-13-10)12-6-7-17(15,16)14(2)3/h4-5,8-9,12H,6-7H2,1-3H3. The van der Waals surface area contributed by atoms with Crippen LogP contribution in [0, 0.1) is 0 Å². The summed E-state index contributed by atoms with van der Waals surface area (Å²) in [5.74, 6) is 0.0740. The Bertz CT molecular complexity index is 433. The molecular weight excluding hydrogens is 240 g/mol. The molecule has 0 aliphatic rings. The number of nitrogens with one attached hydrogen (secondary N) is 1.